The molecule has 0 spiro atoms. The smallest absolute Gasteiger partial charge is 0.242 e. The number of piperidine rings is 1. The predicted octanol–water partition coefficient (Wildman–Crippen LogP) is 2.06. The highest BCUT2D eigenvalue weighted by molar-refractivity contribution is 7.89. The minimum Gasteiger partial charge on any atom is -0.497 e. The van der Waals surface area contributed by atoms with E-state index < -0.39 is 10.0 Å². The summed E-state index contributed by atoms with van der Waals surface area (Å²) in [5.41, 5.74) is -0.196. The Bertz CT molecular complexity index is 629. The molecule has 1 aromatic carbocycles. The number of sulfonamides is 1. The van der Waals surface area contributed by atoms with Gasteiger partial charge in [0.25, 0.3) is 0 Å². The molecule has 0 radical (unpaired) electrons. The van der Waals surface area contributed by atoms with E-state index in [1.165, 1.54) is 19.2 Å². The predicted molar refractivity (Wildman–Crippen MR) is 96.9 cm³/mol. The molecule has 0 saturated carbocycles. The maximum atomic E-state index is 12.6. The molecule has 24 heavy (non-hydrogen) atoms. The van der Waals surface area contributed by atoms with E-state index in [1.54, 1.807) is 13.2 Å². The topological polar surface area (TPSA) is 76.7 Å². The van der Waals surface area contributed by atoms with Crippen molar-refractivity contribution in [2.75, 3.05) is 40.5 Å². The number of benzene rings is 1. The average molecular weight is 399 g/mol. The Hall–Kier alpha value is -0.570. The zero-order chi connectivity index (χ0) is 16.9. The standard InChI is InChI=1S/C15H23ClN2O4S.ClH/c1-21-11-15(5-7-17-8-6-15)10-18-23(19,20)14-9-12(22-2)3-4-13(14)16;/h3-4,9,17-18H,5-8,10-11H2,1-2H3;1H. The second-order valence-electron chi connectivity index (χ2n) is 5.80. The molecule has 1 heterocycles. The van der Waals surface area contributed by atoms with E-state index in [0.29, 0.717) is 18.9 Å². The van der Waals surface area contributed by atoms with Crippen molar-refractivity contribution in [1.29, 1.82) is 0 Å². The molecule has 6 nitrogen and oxygen atoms in total. The van der Waals surface area contributed by atoms with Crippen LogP contribution in [0.25, 0.3) is 0 Å². The molecule has 138 valence electrons. The number of ether oxygens (including phenoxy) is 2. The third-order valence-corrected chi connectivity index (χ3v) is 6.06. The summed E-state index contributed by atoms with van der Waals surface area (Å²) in [6, 6.07) is 4.57. The molecule has 1 saturated heterocycles. The Balaban J connectivity index is 0.00000288. The molecule has 0 bridgehead atoms. The lowest BCUT2D eigenvalue weighted by atomic mass is 9.80. The fourth-order valence-corrected chi connectivity index (χ4v) is 4.45. The van der Waals surface area contributed by atoms with Crippen molar-refractivity contribution in [2.45, 2.75) is 17.7 Å². The van der Waals surface area contributed by atoms with Crippen LogP contribution in [0.5, 0.6) is 5.75 Å². The number of hydrogen-bond acceptors (Lipinski definition) is 5. The summed E-state index contributed by atoms with van der Waals surface area (Å²) < 4.78 is 38.3. The van der Waals surface area contributed by atoms with E-state index >= 15 is 0 Å². The van der Waals surface area contributed by atoms with Gasteiger partial charge in [0.1, 0.15) is 10.6 Å². The zero-order valence-electron chi connectivity index (χ0n) is 13.8. The number of methoxy groups -OCH3 is 2. The van der Waals surface area contributed by atoms with Crippen molar-refractivity contribution in [2.24, 2.45) is 5.41 Å². The minimum absolute atomic E-state index is 0. The first kappa shape index (κ1) is 21.5. The second-order valence-corrected chi connectivity index (χ2v) is 7.95. The fraction of sp³-hybridized carbons (Fsp3) is 0.600. The Morgan fingerprint density at radius 3 is 2.54 bits per heavy atom. The quantitative estimate of drug-likeness (QED) is 0.734. The van der Waals surface area contributed by atoms with Crippen molar-refractivity contribution >= 4 is 34.0 Å². The van der Waals surface area contributed by atoms with Crippen LogP contribution in [0.4, 0.5) is 0 Å². The van der Waals surface area contributed by atoms with Crippen molar-refractivity contribution in [3.8, 4) is 5.75 Å². The van der Waals surface area contributed by atoms with Crippen molar-refractivity contribution in [3.05, 3.63) is 23.2 Å². The molecular formula is C15H24Cl2N2O4S. The van der Waals surface area contributed by atoms with Crippen molar-refractivity contribution < 1.29 is 17.9 Å². The third-order valence-electron chi connectivity index (χ3n) is 4.18. The second kappa shape index (κ2) is 9.22. The first-order chi connectivity index (χ1) is 10.9. The van der Waals surface area contributed by atoms with E-state index in [4.69, 9.17) is 21.1 Å². The molecule has 1 aliphatic heterocycles. The number of rotatable bonds is 7. The summed E-state index contributed by atoms with van der Waals surface area (Å²) in [6.45, 7) is 2.54. The van der Waals surface area contributed by atoms with Gasteiger partial charge in [-0.3, -0.25) is 0 Å². The van der Waals surface area contributed by atoms with E-state index in [1.807, 2.05) is 0 Å². The van der Waals surface area contributed by atoms with Gasteiger partial charge in [-0.25, -0.2) is 13.1 Å². The highest BCUT2D eigenvalue weighted by atomic mass is 35.5. The molecule has 2 N–H and O–H groups in total. The highest BCUT2D eigenvalue weighted by Gasteiger charge is 2.34. The first-order valence-electron chi connectivity index (χ1n) is 7.45. The van der Waals surface area contributed by atoms with Gasteiger partial charge in [0.05, 0.1) is 18.7 Å². The van der Waals surface area contributed by atoms with Crippen LogP contribution in [0.15, 0.2) is 23.1 Å². The van der Waals surface area contributed by atoms with Crippen LogP contribution < -0.4 is 14.8 Å². The molecule has 2 rings (SSSR count). The van der Waals surface area contributed by atoms with Crippen LogP contribution in [0.2, 0.25) is 5.02 Å². The molecule has 1 fully saturated rings. The van der Waals surface area contributed by atoms with E-state index in [9.17, 15) is 8.42 Å². The highest BCUT2D eigenvalue weighted by Crippen LogP contribution is 2.30. The van der Waals surface area contributed by atoms with Crippen LogP contribution in [0, 0.1) is 5.41 Å². The van der Waals surface area contributed by atoms with Crippen LogP contribution in [0.3, 0.4) is 0 Å². The molecule has 0 atom stereocenters. The monoisotopic (exact) mass is 398 g/mol. The van der Waals surface area contributed by atoms with Crippen LogP contribution in [-0.4, -0.2) is 48.9 Å². The summed E-state index contributed by atoms with van der Waals surface area (Å²) in [4.78, 5) is 0.0278. The van der Waals surface area contributed by atoms with Gasteiger partial charge < -0.3 is 14.8 Å². The molecule has 0 aromatic heterocycles. The lowest BCUT2D eigenvalue weighted by Gasteiger charge is -2.37. The van der Waals surface area contributed by atoms with Crippen molar-refractivity contribution in [1.82, 2.24) is 10.0 Å². The Morgan fingerprint density at radius 1 is 1.29 bits per heavy atom. The summed E-state index contributed by atoms with van der Waals surface area (Å²) in [5.74, 6) is 0.447. The minimum atomic E-state index is -3.72. The molecule has 0 aliphatic carbocycles. The fourth-order valence-electron chi connectivity index (χ4n) is 2.78. The molecule has 0 unspecified atom stereocenters. The molecular weight excluding hydrogens is 375 g/mol. The van der Waals surface area contributed by atoms with E-state index in [-0.39, 0.29) is 27.7 Å². The van der Waals surface area contributed by atoms with Gasteiger partial charge in [-0.1, -0.05) is 11.6 Å². The van der Waals surface area contributed by atoms with Gasteiger partial charge >= 0.3 is 0 Å². The molecule has 1 aromatic rings. The maximum absolute atomic E-state index is 12.6. The maximum Gasteiger partial charge on any atom is 0.242 e. The number of halogens is 2. The van der Waals surface area contributed by atoms with Crippen LogP contribution >= 0.6 is 24.0 Å². The lowest BCUT2D eigenvalue weighted by Crippen LogP contribution is -2.47. The summed E-state index contributed by atoms with van der Waals surface area (Å²) in [5, 5.41) is 3.45. The molecule has 9 heteroatoms. The summed E-state index contributed by atoms with van der Waals surface area (Å²) in [6.07, 6.45) is 1.71. The van der Waals surface area contributed by atoms with Gasteiger partial charge in [-0.2, -0.15) is 0 Å². The lowest BCUT2D eigenvalue weighted by molar-refractivity contribution is 0.0577. The third kappa shape index (κ3) is 5.21. The average Bonchev–Trinajstić information content (AvgIpc) is 2.55. The van der Waals surface area contributed by atoms with Crippen LogP contribution in [-0.2, 0) is 14.8 Å². The van der Waals surface area contributed by atoms with E-state index in [2.05, 4.69) is 10.0 Å². The Kier molecular flexibility index (Phi) is 8.25. The van der Waals surface area contributed by atoms with E-state index in [0.717, 1.165) is 25.9 Å². The van der Waals surface area contributed by atoms with Gasteiger partial charge in [0.2, 0.25) is 10.0 Å². The number of hydrogen-bond donors (Lipinski definition) is 2. The largest absolute Gasteiger partial charge is 0.497 e. The van der Waals surface area contributed by atoms with Gasteiger partial charge in [0, 0.05) is 25.1 Å². The molecule has 0 amide bonds. The zero-order valence-corrected chi connectivity index (χ0v) is 16.2. The van der Waals surface area contributed by atoms with Gasteiger partial charge in [-0.15, -0.1) is 12.4 Å². The molecule has 1 aliphatic rings. The Labute approximate surface area is 154 Å². The summed E-state index contributed by atoms with van der Waals surface area (Å²) in [7, 11) is -0.599. The normalized spacial score (nSPS) is 17.1. The van der Waals surface area contributed by atoms with Crippen LogP contribution in [0.1, 0.15) is 12.8 Å². The van der Waals surface area contributed by atoms with Crippen molar-refractivity contribution in [3.63, 3.8) is 0 Å². The SMILES string of the molecule is COCC1(CNS(=O)(=O)c2cc(OC)ccc2Cl)CCNCC1.Cl. The van der Waals surface area contributed by atoms with Gasteiger partial charge in [-0.05, 0) is 38.1 Å². The first-order valence-corrected chi connectivity index (χ1v) is 9.31. The number of nitrogens with one attached hydrogen (secondary N) is 2. The Morgan fingerprint density at radius 2 is 1.96 bits per heavy atom. The summed E-state index contributed by atoms with van der Waals surface area (Å²) >= 11 is 6.05. The van der Waals surface area contributed by atoms with Gasteiger partial charge in [0.15, 0.2) is 0 Å².